The van der Waals surface area contributed by atoms with Crippen LogP contribution in [0.15, 0.2) is 60.9 Å². The molecule has 0 spiro atoms. The molecule has 0 aliphatic heterocycles. The van der Waals surface area contributed by atoms with Crippen LogP contribution in [0.1, 0.15) is 35.7 Å². The number of ether oxygens (including phenoxy) is 2. The van der Waals surface area contributed by atoms with Gasteiger partial charge in [0.25, 0.3) is 0 Å². The Balaban J connectivity index is 1.62. The summed E-state index contributed by atoms with van der Waals surface area (Å²) in [5.41, 5.74) is 2.19. The Kier molecular flexibility index (Phi) is 5.14. The molecule has 0 saturated carbocycles. The number of carbonyl (C=O) groups is 2. The Morgan fingerprint density at radius 2 is 1.92 bits per heavy atom. The van der Waals surface area contributed by atoms with E-state index in [0.717, 1.165) is 17.5 Å². The highest BCUT2D eigenvalue weighted by Crippen LogP contribution is 2.16. The molecule has 0 unspecified atom stereocenters. The molecule has 0 N–H and O–H groups in total. The molecule has 2 aromatic heterocycles. The van der Waals surface area contributed by atoms with Gasteiger partial charge in [-0.25, -0.2) is 4.79 Å². The first kappa shape index (κ1) is 16.8. The van der Waals surface area contributed by atoms with Gasteiger partial charge in [0.05, 0.1) is 5.56 Å². The maximum absolute atomic E-state index is 12.2. The van der Waals surface area contributed by atoms with Crippen LogP contribution in [-0.4, -0.2) is 16.3 Å². The Labute approximate surface area is 145 Å². The van der Waals surface area contributed by atoms with Crippen LogP contribution in [-0.2, 0) is 16.1 Å². The van der Waals surface area contributed by atoms with Crippen molar-refractivity contribution >= 4 is 17.5 Å². The van der Waals surface area contributed by atoms with Crippen molar-refractivity contribution in [1.82, 2.24) is 4.40 Å². The van der Waals surface area contributed by atoms with Crippen molar-refractivity contribution in [3.63, 3.8) is 0 Å². The maximum Gasteiger partial charge on any atom is 0.338 e. The lowest BCUT2D eigenvalue weighted by atomic mass is 10.2. The number of fused-ring (bicyclic) bond motifs is 1. The molecule has 0 saturated heterocycles. The summed E-state index contributed by atoms with van der Waals surface area (Å²) >= 11 is 0. The highest BCUT2D eigenvalue weighted by atomic mass is 16.5. The minimum absolute atomic E-state index is 0.115. The summed E-state index contributed by atoms with van der Waals surface area (Å²) in [7, 11) is 0. The molecule has 0 atom stereocenters. The van der Waals surface area contributed by atoms with Crippen LogP contribution in [0.25, 0.3) is 5.52 Å². The second-order valence-electron chi connectivity index (χ2n) is 5.70. The van der Waals surface area contributed by atoms with E-state index in [9.17, 15) is 9.59 Å². The first-order valence-corrected chi connectivity index (χ1v) is 8.19. The van der Waals surface area contributed by atoms with E-state index >= 15 is 0 Å². The number of hydrogen-bond acceptors (Lipinski definition) is 4. The van der Waals surface area contributed by atoms with Gasteiger partial charge >= 0.3 is 11.9 Å². The number of carbonyl (C=O) groups excluding carboxylic acids is 2. The Morgan fingerprint density at radius 3 is 2.76 bits per heavy atom. The van der Waals surface area contributed by atoms with E-state index in [-0.39, 0.29) is 12.6 Å². The monoisotopic (exact) mass is 337 g/mol. The number of pyridine rings is 1. The topological polar surface area (TPSA) is 57.0 Å². The highest BCUT2D eigenvalue weighted by Gasteiger charge is 2.09. The molecule has 2 heterocycles. The molecule has 25 heavy (non-hydrogen) atoms. The molecular formula is C20H19NO4. The van der Waals surface area contributed by atoms with E-state index in [1.54, 1.807) is 30.3 Å². The fourth-order valence-electron chi connectivity index (χ4n) is 2.48. The van der Waals surface area contributed by atoms with E-state index in [1.807, 2.05) is 41.9 Å². The number of rotatable bonds is 6. The van der Waals surface area contributed by atoms with Gasteiger partial charge in [0.2, 0.25) is 0 Å². The molecule has 5 heteroatoms. The first-order chi connectivity index (χ1) is 12.2. The van der Waals surface area contributed by atoms with Gasteiger partial charge in [-0.05, 0) is 48.4 Å². The zero-order valence-corrected chi connectivity index (χ0v) is 14.0. The van der Waals surface area contributed by atoms with Crippen LogP contribution in [0.5, 0.6) is 5.75 Å². The molecule has 0 aliphatic rings. The molecule has 1 aromatic carbocycles. The van der Waals surface area contributed by atoms with Gasteiger partial charge < -0.3 is 13.9 Å². The van der Waals surface area contributed by atoms with E-state index in [2.05, 4.69) is 0 Å². The smallest absolute Gasteiger partial charge is 0.338 e. The van der Waals surface area contributed by atoms with Gasteiger partial charge in [-0.1, -0.05) is 19.1 Å². The number of aromatic nitrogens is 1. The van der Waals surface area contributed by atoms with Crippen LogP contribution in [0.2, 0.25) is 0 Å². The second-order valence-corrected chi connectivity index (χ2v) is 5.70. The van der Waals surface area contributed by atoms with Crippen LogP contribution < -0.4 is 4.74 Å². The summed E-state index contributed by atoms with van der Waals surface area (Å²) in [6, 6.07) is 14.3. The van der Waals surface area contributed by atoms with Gasteiger partial charge in [-0.2, -0.15) is 0 Å². The van der Waals surface area contributed by atoms with E-state index in [4.69, 9.17) is 9.47 Å². The highest BCUT2D eigenvalue weighted by molar-refractivity contribution is 5.90. The summed E-state index contributed by atoms with van der Waals surface area (Å²) in [4.78, 5) is 23.8. The van der Waals surface area contributed by atoms with E-state index in [0.29, 0.717) is 17.7 Å². The molecule has 0 radical (unpaired) electrons. The summed E-state index contributed by atoms with van der Waals surface area (Å²) in [6.07, 6.45) is 4.85. The fourth-order valence-corrected chi connectivity index (χ4v) is 2.48. The summed E-state index contributed by atoms with van der Waals surface area (Å²) in [5.74, 6) is -0.198. The molecule has 128 valence electrons. The van der Waals surface area contributed by atoms with Gasteiger partial charge in [0.1, 0.15) is 12.4 Å². The van der Waals surface area contributed by atoms with Gasteiger partial charge in [0, 0.05) is 24.3 Å². The number of nitrogens with zero attached hydrogens (tertiary/aromatic N) is 1. The first-order valence-electron chi connectivity index (χ1n) is 8.19. The van der Waals surface area contributed by atoms with Gasteiger partial charge in [-0.3, -0.25) is 4.79 Å². The van der Waals surface area contributed by atoms with E-state index in [1.165, 1.54) is 0 Å². The largest absolute Gasteiger partial charge is 0.457 e. The van der Waals surface area contributed by atoms with Crippen molar-refractivity contribution in [2.75, 3.05) is 0 Å². The zero-order chi connectivity index (χ0) is 17.6. The van der Waals surface area contributed by atoms with Gasteiger partial charge in [0.15, 0.2) is 0 Å². The molecule has 5 nitrogen and oxygen atoms in total. The van der Waals surface area contributed by atoms with Crippen molar-refractivity contribution in [1.29, 1.82) is 0 Å². The molecule has 0 amide bonds. The second kappa shape index (κ2) is 7.66. The van der Waals surface area contributed by atoms with Gasteiger partial charge in [-0.15, -0.1) is 0 Å². The quantitative estimate of drug-likeness (QED) is 0.504. The average Bonchev–Trinajstić information content (AvgIpc) is 3.08. The summed E-state index contributed by atoms with van der Waals surface area (Å²) < 4.78 is 12.5. The average molecular weight is 337 g/mol. The molecule has 0 fully saturated rings. The van der Waals surface area contributed by atoms with Crippen molar-refractivity contribution in [2.24, 2.45) is 0 Å². The number of esters is 2. The normalized spacial score (nSPS) is 10.6. The predicted molar refractivity (Wildman–Crippen MR) is 93.5 cm³/mol. The van der Waals surface area contributed by atoms with Crippen molar-refractivity contribution in [3.05, 3.63) is 72.1 Å². The summed E-state index contributed by atoms with van der Waals surface area (Å²) in [5, 5.41) is 0. The lowest BCUT2D eigenvalue weighted by Crippen LogP contribution is -2.08. The SMILES string of the molecule is CCCC(=O)Oc1cccc(COC(=O)c2ccn3cccc3c2)c1. The molecule has 0 aliphatic carbocycles. The Bertz CT molecular complexity index is 897. The minimum Gasteiger partial charge on any atom is -0.457 e. The van der Waals surface area contributed by atoms with Crippen molar-refractivity contribution in [3.8, 4) is 5.75 Å². The number of hydrogen-bond donors (Lipinski definition) is 0. The Hall–Kier alpha value is -3.08. The van der Waals surface area contributed by atoms with Crippen LogP contribution >= 0.6 is 0 Å². The molecular weight excluding hydrogens is 318 g/mol. The van der Waals surface area contributed by atoms with Crippen LogP contribution in [0, 0.1) is 0 Å². The predicted octanol–water partition coefficient (Wildman–Crippen LogP) is 4.00. The zero-order valence-electron chi connectivity index (χ0n) is 14.0. The fraction of sp³-hybridized carbons (Fsp3) is 0.200. The third kappa shape index (κ3) is 4.26. The molecule has 0 bridgehead atoms. The lowest BCUT2D eigenvalue weighted by molar-refractivity contribution is -0.134. The van der Waals surface area contributed by atoms with Crippen LogP contribution in [0.3, 0.4) is 0 Å². The lowest BCUT2D eigenvalue weighted by Gasteiger charge is -2.08. The minimum atomic E-state index is -0.392. The van der Waals surface area contributed by atoms with Crippen LogP contribution in [0.4, 0.5) is 0 Å². The maximum atomic E-state index is 12.2. The third-order valence-corrected chi connectivity index (χ3v) is 3.72. The molecule has 3 aromatic rings. The Morgan fingerprint density at radius 1 is 1.04 bits per heavy atom. The van der Waals surface area contributed by atoms with Crippen molar-refractivity contribution in [2.45, 2.75) is 26.4 Å². The van der Waals surface area contributed by atoms with Crippen molar-refractivity contribution < 1.29 is 19.1 Å². The third-order valence-electron chi connectivity index (χ3n) is 3.72. The summed E-state index contributed by atoms with van der Waals surface area (Å²) in [6.45, 7) is 2.03. The van der Waals surface area contributed by atoms with E-state index < -0.39 is 5.97 Å². The number of benzene rings is 1. The standard InChI is InChI=1S/C20H19NO4/c1-2-5-19(22)25-18-8-3-6-15(12-18)14-24-20(23)16-9-11-21-10-4-7-17(21)13-16/h3-4,6-13H,2,5,14H2,1H3. The molecule has 3 rings (SSSR count).